The number of halogens is 2. The normalized spacial score (nSPS) is 10.5. The molecule has 2 rings (SSSR count). The quantitative estimate of drug-likeness (QED) is 0.761. The molecule has 0 aliphatic carbocycles. The fraction of sp³-hybridized carbons (Fsp3) is 0.267. The van der Waals surface area contributed by atoms with E-state index in [1.165, 1.54) is 5.56 Å². The highest BCUT2D eigenvalue weighted by molar-refractivity contribution is 9.10. The average Bonchev–Trinajstić information content (AvgIpc) is 2.38. The van der Waals surface area contributed by atoms with E-state index < -0.39 is 0 Å². The van der Waals surface area contributed by atoms with Crippen molar-refractivity contribution in [3.05, 3.63) is 57.7 Å². The lowest BCUT2D eigenvalue weighted by Crippen LogP contribution is -2.18. The van der Waals surface area contributed by atoms with Crippen molar-refractivity contribution in [3.8, 4) is 0 Å². The third kappa shape index (κ3) is 3.71. The van der Waals surface area contributed by atoms with Crippen LogP contribution in [0.15, 0.2) is 41.0 Å². The second kappa shape index (κ2) is 6.40. The van der Waals surface area contributed by atoms with E-state index in [2.05, 4.69) is 58.0 Å². The molecule has 0 radical (unpaired) electrons. The molecule has 0 spiro atoms. The van der Waals surface area contributed by atoms with Crippen molar-refractivity contribution < 1.29 is 0 Å². The topological polar surface area (TPSA) is 16.1 Å². The van der Waals surface area contributed by atoms with E-state index in [-0.39, 0.29) is 0 Å². The predicted octanol–water partition coefficient (Wildman–Crippen LogP) is 4.53. The van der Waals surface area contributed by atoms with Gasteiger partial charge in [0.2, 0.25) is 0 Å². The van der Waals surface area contributed by atoms with Crippen LogP contribution in [0.3, 0.4) is 0 Å². The lowest BCUT2D eigenvalue weighted by Gasteiger charge is -2.20. The smallest absolute Gasteiger partial charge is 0.131 e. The Labute approximate surface area is 127 Å². The Morgan fingerprint density at radius 2 is 2.05 bits per heavy atom. The third-order valence-corrected chi connectivity index (χ3v) is 3.73. The molecule has 0 saturated carbocycles. The second-order valence-corrected chi connectivity index (χ2v) is 5.79. The Morgan fingerprint density at radius 3 is 2.68 bits per heavy atom. The van der Waals surface area contributed by atoms with Gasteiger partial charge in [-0.3, -0.25) is 0 Å². The summed E-state index contributed by atoms with van der Waals surface area (Å²) in [7, 11) is 2.05. The van der Waals surface area contributed by atoms with Gasteiger partial charge < -0.3 is 4.90 Å². The van der Waals surface area contributed by atoms with Crippen LogP contribution in [-0.4, -0.2) is 12.0 Å². The lowest BCUT2D eigenvalue weighted by atomic mass is 10.2. The molecule has 2 aromatic rings. The molecule has 100 valence electrons. The number of hydrogen-bond acceptors (Lipinski definition) is 2. The van der Waals surface area contributed by atoms with Gasteiger partial charge in [-0.15, -0.1) is 11.6 Å². The summed E-state index contributed by atoms with van der Waals surface area (Å²) >= 11 is 9.31. The van der Waals surface area contributed by atoms with Gasteiger partial charge in [0.05, 0.1) is 0 Å². The summed E-state index contributed by atoms with van der Waals surface area (Å²) in [6, 6.07) is 10.4. The van der Waals surface area contributed by atoms with E-state index >= 15 is 0 Å². The summed E-state index contributed by atoms with van der Waals surface area (Å²) in [5.41, 5.74) is 3.45. The molecule has 4 heteroatoms. The Balaban J connectivity index is 2.18. The van der Waals surface area contributed by atoms with Crippen LogP contribution in [0.1, 0.15) is 16.7 Å². The van der Waals surface area contributed by atoms with E-state index in [1.54, 1.807) is 0 Å². The summed E-state index contributed by atoms with van der Waals surface area (Å²) < 4.78 is 1.10. The summed E-state index contributed by atoms with van der Waals surface area (Å²) in [5, 5.41) is 0. The van der Waals surface area contributed by atoms with Crippen LogP contribution < -0.4 is 4.90 Å². The van der Waals surface area contributed by atoms with Crippen LogP contribution in [0.5, 0.6) is 0 Å². The first-order valence-corrected chi connectivity index (χ1v) is 7.40. The summed E-state index contributed by atoms with van der Waals surface area (Å²) in [4.78, 5) is 6.65. The number of benzene rings is 1. The van der Waals surface area contributed by atoms with Gasteiger partial charge in [-0.25, -0.2) is 4.98 Å². The molecular weight excluding hydrogens is 324 g/mol. The minimum Gasteiger partial charge on any atom is -0.355 e. The number of rotatable bonds is 4. The maximum Gasteiger partial charge on any atom is 0.131 e. The molecule has 1 aromatic carbocycles. The Hall–Kier alpha value is -1.06. The number of aromatic nitrogens is 1. The number of hydrogen-bond donors (Lipinski definition) is 0. The van der Waals surface area contributed by atoms with Gasteiger partial charge in [0, 0.05) is 30.1 Å². The Morgan fingerprint density at radius 1 is 1.26 bits per heavy atom. The fourth-order valence-electron chi connectivity index (χ4n) is 2.08. The highest BCUT2D eigenvalue weighted by Crippen LogP contribution is 2.20. The average molecular weight is 340 g/mol. The van der Waals surface area contributed by atoms with Gasteiger partial charge >= 0.3 is 0 Å². The van der Waals surface area contributed by atoms with E-state index in [1.807, 2.05) is 18.3 Å². The van der Waals surface area contributed by atoms with Crippen molar-refractivity contribution in [1.82, 2.24) is 4.98 Å². The van der Waals surface area contributed by atoms with Gasteiger partial charge in [0.15, 0.2) is 0 Å². The van der Waals surface area contributed by atoms with Crippen LogP contribution in [0.4, 0.5) is 5.82 Å². The fourth-order valence-corrected chi connectivity index (χ4v) is 2.68. The number of aryl methyl sites for hydroxylation is 1. The van der Waals surface area contributed by atoms with Gasteiger partial charge in [0.25, 0.3) is 0 Å². The number of anilines is 1. The molecule has 0 N–H and O–H groups in total. The molecule has 0 amide bonds. The second-order valence-electron chi connectivity index (χ2n) is 4.60. The standard InChI is InChI=1S/C15H16BrClN2/c1-11-6-13(8-17)9-18-15(11)19(2)10-12-4-3-5-14(16)7-12/h3-7,9H,8,10H2,1-2H3. The van der Waals surface area contributed by atoms with Gasteiger partial charge in [-0.1, -0.05) is 28.1 Å². The highest BCUT2D eigenvalue weighted by Gasteiger charge is 2.08. The molecule has 0 unspecified atom stereocenters. The molecule has 2 nitrogen and oxygen atoms in total. The van der Waals surface area contributed by atoms with Gasteiger partial charge in [0.1, 0.15) is 5.82 Å². The first-order chi connectivity index (χ1) is 9.10. The maximum atomic E-state index is 5.82. The first-order valence-electron chi connectivity index (χ1n) is 6.07. The van der Waals surface area contributed by atoms with Crippen LogP contribution in [-0.2, 0) is 12.4 Å². The largest absolute Gasteiger partial charge is 0.355 e. The number of alkyl halides is 1. The minimum absolute atomic E-state index is 0.503. The van der Waals surface area contributed by atoms with E-state index in [0.29, 0.717) is 5.88 Å². The summed E-state index contributed by atoms with van der Waals surface area (Å²) in [6.45, 7) is 2.89. The zero-order chi connectivity index (χ0) is 13.8. The molecule has 0 aliphatic rings. The van der Waals surface area contributed by atoms with E-state index in [4.69, 9.17) is 11.6 Å². The minimum atomic E-state index is 0.503. The molecule has 0 aliphatic heterocycles. The van der Waals surface area contributed by atoms with Crippen LogP contribution in [0, 0.1) is 6.92 Å². The zero-order valence-corrected chi connectivity index (χ0v) is 13.4. The van der Waals surface area contributed by atoms with Crippen molar-refractivity contribution in [1.29, 1.82) is 0 Å². The molecule has 0 fully saturated rings. The zero-order valence-electron chi connectivity index (χ0n) is 11.0. The molecular formula is C15H16BrClN2. The van der Waals surface area contributed by atoms with E-state index in [0.717, 1.165) is 28.0 Å². The van der Waals surface area contributed by atoms with Crippen molar-refractivity contribution in [2.45, 2.75) is 19.3 Å². The molecule has 0 atom stereocenters. The summed E-state index contributed by atoms with van der Waals surface area (Å²) in [5.74, 6) is 1.50. The number of pyridine rings is 1. The predicted molar refractivity (Wildman–Crippen MR) is 84.8 cm³/mol. The molecule has 19 heavy (non-hydrogen) atoms. The lowest BCUT2D eigenvalue weighted by molar-refractivity contribution is 0.888. The van der Waals surface area contributed by atoms with Gasteiger partial charge in [-0.05, 0) is 41.8 Å². The monoisotopic (exact) mass is 338 g/mol. The first kappa shape index (κ1) is 14.4. The Bertz CT molecular complexity index is 572. The van der Waals surface area contributed by atoms with Crippen molar-refractivity contribution >= 4 is 33.3 Å². The highest BCUT2D eigenvalue weighted by atomic mass is 79.9. The van der Waals surface area contributed by atoms with Crippen molar-refractivity contribution in [3.63, 3.8) is 0 Å². The van der Waals surface area contributed by atoms with Crippen LogP contribution in [0.2, 0.25) is 0 Å². The van der Waals surface area contributed by atoms with Crippen LogP contribution in [0.25, 0.3) is 0 Å². The van der Waals surface area contributed by atoms with E-state index in [9.17, 15) is 0 Å². The van der Waals surface area contributed by atoms with Gasteiger partial charge in [-0.2, -0.15) is 0 Å². The Kier molecular flexibility index (Phi) is 4.83. The molecule has 1 aromatic heterocycles. The van der Waals surface area contributed by atoms with Crippen LogP contribution >= 0.6 is 27.5 Å². The molecule has 1 heterocycles. The third-order valence-electron chi connectivity index (χ3n) is 2.93. The van der Waals surface area contributed by atoms with Crippen molar-refractivity contribution in [2.24, 2.45) is 0 Å². The molecule has 0 saturated heterocycles. The number of nitrogens with zero attached hydrogens (tertiary/aromatic N) is 2. The maximum absolute atomic E-state index is 5.82. The molecule has 0 bridgehead atoms. The summed E-state index contributed by atoms with van der Waals surface area (Å²) in [6.07, 6.45) is 1.84. The van der Waals surface area contributed by atoms with Crippen molar-refractivity contribution in [2.75, 3.05) is 11.9 Å². The SMILES string of the molecule is Cc1cc(CCl)cnc1N(C)Cc1cccc(Br)c1.